The van der Waals surface area contributed by atoms with Gasteiger partial charge in [-0.05, 0) is 23.6 Å². The van der Waals surface area contributed by atoms with E-state index in [-0.39, 0.29) is 6.03 Å². The van der Waals surface area contributed by atoms with Gasteiger partial charge < -0.3 is 20.3 Å². The van der Waals surface area contributed by atoms with Crippen LogP contribution in [0.2, 0.25) is 0 Å². The maximum atomic E-state index is 12.1. The number of morpholine rings is 1. The second-order valence-corrected chi connectivity index (χ2v) is 6.23. The Hall–Kier alpha value is -2.67. The second kappa shape index (κ2) is 7.94. The van der Waals surface area contributed by atoms with Gasteiger partial charge in [0, 0.05) is 18.8 Å². The number of hydrogen-bond acceptors (Lipinski definition) is 5. The molecule has 2 heterocycles. The van der Waals surface area contributed by atoms with Crippen LogP contribution in [0.15, 0.2) is 36.7 Å². The maximum Gasteiger partial charge on any atom is 0.323 e. The lowest BCUT2D eigenvalue weighted by Crippen LogP contribution is -2.37. The zero-order chi connectivity index (χ0) is 17.6. The number of carbonyl (C=O) groups excluding carboxylic acids is 1. The number of urea groups is 1. The average molecular weight is 341 g/mol. The molecule has 7 nitrogen and oxygen atoms in total. The molecule has 0 aliphatic carbocycles. The lowest BCUT2D eigenvalue weighted by molar-refractivity contribution is 0.122. The van der Waals surface area contributed by atoms with E-state index in [1.807, 2.05) is 24.3 Å². The largest absolute Gasteiger partial charge is 0.378 e. The third-order valence-electron chi connectivity index (χ3n) is 4.03. The van der Waals surface area contributed by atoms with Crippen molar-refractivity contribution in [3.05, 3.63) is 42.2 Å². The van der Waals surface area contributed by atoms with Gasteiger partial charge in [0.05, 0.1) is 31.3 Å². The minimum atomic E-state index is -0.319. The molecule has 1 saturated heterocycles. The Labute approximate surface area is 147 Å². The van der Waals surface area contributed by atoms with Crippen LogP contribution in [0.1, 0.15) is 25.3 Å². The molecule has 0 bridgehead atoms. The van der Waals surface area contributed by atoms with Crippen LogP contribution >= 0.6 is 0 Å². The molecule has 132 valence electrons. The molecule has 0 spiro atoms. The van der Waals surface area contributed by atoms with Crippen LogP contribution < -0.4 is 15.5 Å². The van der Waals surface area contributed by atoms with Crippen molar-refractivity contribution in [2.45, 2.75) is 19.8 Å². The van der Waals surface area contributed by atoms with Crippen molar-refractivity contribution in [2.24, 2.45) is 0 Å². The van der Waals surface area contributed by atoms with Crippen molar-refractivity contribution in [3.63, 3.8) is 0 Å². The number of hydrogen-bond donors (Lipinski definition) is 2. The van der Waals surface area contributed by atoms with Crippen LogP contribution in [0.5, 0.6) is 0 Å². The first-order chi connectivity index (χ1) is 12.1. The molecule has 0 saturated carbocycles. The number of benzene rings is 1. The zero-order valence-electron chi connectivity index (χ0n) is 14.5. The minimum absolute atomic E-state index is 0.319. The SMILES string of the molecule is CC(C)c1ccc(NC(=O)Nc2cnc(N3CCOCC3)nc2)cc1. The number of aromatic nitrogens is 2. The molecule has 1 aromatic heterocycles. The standard InChI is InChI=1S/C18H23N5O2/c1-13(2)14-3-5-15(6-4-14)21-18(24)22-16-11-19-17(20-12-16)23-7-9-25-10-8-23/h3-6,11-13H,7-10H2,1-2H3,(H2,21,22,24). The smallest absolute Gasteiger partial charge is 0.323 e. The van der Waals surface area contributed by atoms with E-state index in [9.17, 15) is 4.79 Å². The number of nitrogens with one attached hydrogen (secondary N) is 2. The Morgan fingerprint density at radius 1 is 1.04 bits per heavy atom. The maximum absolute atomic E-state index is 12.1. The summed E-state index contributed by atoms with van der Waals surface area (Å²) in [5, 5.41) is 5.54. The monoisotopic (exact) mass is 341 g/mol. The number of ether oxygens (including phenoxy) is 1. The van der Waals surface area contributed by atoms with Gasteiger partial charge in [-0.25, -0.2) is 14.8 Å². The fourth-order valence-corrected chi connectivity index (χ4v) is 2.56. The van der Waals surface area contributed by atoms with E-state index >= 15 is 0 Å². The Morgan fingerprint density at radius 2 is 1.64 bits per heavy atom. The fraction of sp³-hybridized carbons (Fsp3) is 0.389. The molecule has 2 amide bonds. The summed E-state index contributed by atoms with van der Waals surface area (Å²) in [5.74, 6) is 1.11. The van der Waals surface area contributed by atoms with Crippen molar-refractivity contribution in [3.8, 4) is 0 Å². The van der Waals surface area contributed by atoms with Gasteiger partial charge in [-0.1, -0.05) is 26.0 Å². The molecule has 2 aromatic rings. The van der Waals surface area contributed by atoms with Crippen LogP contribution in [0.4, 0.5) is 22.1 Å². The third kappa shape index (κ3) is 4.67. The predicted octanol–water partition coefficient (Wildman–Crippen LogP) is 3.08. The van der Waals surface area contributed by atoms with Crippen molar-refractivity contribution in [1.82, 2.24) is 9.97 Å². The Bertz CT molecular complexity index is 694. The molecule has 1 aliphatic heterocycles. The highest BCUT2D eigenvalue weighted by molar-refractivity contribution is 5.99. The molecule has 25 heavy (non-hydrogen) atoms. The van der Waals surface area contributed by atoms with Crippen LogP contribution in [-0.2, 0) is 4.74 Å². The average Bonchev–Trinajstić information content (AvgIpc) is 2.63. The minimum Gasteiger partial charge on any atom is -0.378 e. The highest BCUT2D eigenvalue weighted by Gasteiger charge is 2.13. The molecule has 0 atom stereocenters. The molecule has 1 aliphatic rings. The second-order valence-electron chi connectivity index (χ2n) is 6.23. The summed E-state index contributed by atoms with van der Waals surface area (Å²) in [5.41, 5.74) is 2.53. The summed E-state index contributed by atoms with van der Waals surface area (Å²) >= 11 is 0. The van der Waals surface area contributed by atoms with E-state index in [0.29, 0.717) is 30.8 Å². The highest BCUT2D eigenvalue weighted by Crippen LogP contribution is 2.17. The van der Waals surface area contributed by atoms with Crippen LogP contribution in [0.3, 0.4) is 0 Å². The van der Waals surface area contributed by atoms with Gasteiger partial charge >= 0.3 is 6.03 Å². The van der Waals surface area contributed by atoms with Gasteiger partial charge in [0.25, 0.3) is 0 Å². The topological polar surface area (TPSA) is 79.4 Å². The summed E-state index contributed by atoms with van der Waals surface area (Å²) in [6.45, 7) is 7.19. The van der Waals surface area contributed by atoms with Crippen LogP contribution in [0, 0.1) is 0 Å². The molecular formula is C18H23N5O2. The first-order valence-corrected chi connectivity index (χ1v) is 8.44. The van der Waals surface area contributed by atoms with Gasteiger partial charge in [0.15, 0.2) is 0 Å². The molecule has 0 radical (unpaired) electrons. The Morgan fingerprint density at radius 3 is 2.24 bits per heavy atom. The molecule has 2 N–H and O–H groups in total. The quantitative estimate of drug-likeness (QED) is 0.893. The van der Waals surface area contributed by atoms with Gasteiger partial charge in [0.1, 0.15) is 0 Å². The van der Waals surface area contributed by atoms with Gasteiger partial charge in [-0.3, -0.25) is 0 Å². The predicted molar refractivity (Wildman–Crippen MR) is 98.2 cm³/mol. The van der Waals surface area contributed by atoms with Crippen LogP contribution in [-0.4, -0.2) is 42.3 Å². The lowest BCUT2D eigenvalue weighted by Gasteiger charge is -2.26. The third-order valence-corrected chi connectivity index (χ3v) is 4.03. The lowest BCUT2D eigenvalue weighted by atomic mass is 10.0. The summed E-state index contributed by atoms with van der Waals surface area (Å²) in [7, 11) is 0. The van der Waals surface area contributed by atoms with Crippen LogP contribution in [0.25, 0.3) is 0 Å². The van der Waals surface area contributed by atoms with Crippen molar-refractivity contribution in [2.75, 3.05) is 41.8 Å². The van der Waals surface area contributed by atoms with Crippen molar-refractivity contribution >= 4 is 23.4 Å². The number of nitrogens with zero attached hydrogens (tertiary/aromatic N) is 3. The van der Waals surface area contributed by atoms with E-state index in [1.54, 1.807) is 12.4 Å². The molecule has 1 aromatic carbocycles. The van der Waals surface area contributed by atoms with Gasteiger partial charge in [0.2, 0.25) is 5.95 Å². The van der Waals surface area contributed by atoms with E-state index in [0.717, 1.165) is 18.8 Å². The summed E-state index contributed by atoms with van der Waals surface area (Å²) in [4.78, 5) is 22.8. The molecule has 3 rings (SSSR count). The molecule has 7 heteroatoms. The van der Waals surface area contributed by atoms with Crippen molar-refractivity contribution < 1.29 is 9.53 Å². The van der Waals surface area contributed by atoms with E-state index in [2.05, 4.69) is 39.3 Å². The Kier molecular flexibility index (Phi) is 5.45. The fourth-order valence-electron chi connectivity index (χ4n) is 2.56. The summed E-state index contributed by atoms with van der Waals surface area (Å²) in [6.07, 6.45) is 3.22. The Balaban J connectivity index is 1.55. The first-order valence-electron chi connectivity index (χ1n) is 8.44. The van der Waals surface area contributed by atoms with E-state index in [4.69, 9.17) is 4.74 Å². The highest BCUT2D eigenvalue weighted by atomic mass is 16.5. The zero-order valence-corrected chi connectivity index (χ0v) is 14.5. The number of rotatable bonds is 4. The molecule has 1 fully saturated rings. The normalized spacial score (nSPS) is 14.4. The number of anilines is 3. The first kappa shape index (κ1) is 17.2. The van der Waals surface area contributed by atoms with Crippen molar-refractivity contribution in [1.29, 1.82) is 0 Å². The van der Waals surface area contributed by atoms with Gasteiger partial charge in [-0.15, -0.1) is 0 Å². The summed E-state index contributed by atoms with van der Waals surface area (Å²) in [6, 6.07) is 7.50. The number of carbonyl (C=O) groups is 1. The summed E-state index contributed by atoms with van der Waals surface area (Å²) < 4.78 is 5.31. The van der Waals surface area contributed by atoms with E-state index in [1.165, 1.54) is 5.56 Å². The van der Waals surface area contributed by atoms with E-state index < -0.39 is 0 Å². The molecule has 0 unspecified atom stereocenters. The molecular weight excluding hydrogens is 318 g/mol. The van der Waals surface area contributed by atoms with Gasteiger partial charge in [-0.2, -0.15) is 0 Å². The number of amides is 2.